The number of hydrogen-bond donors (Lipinski definition) is 1. The van der Waals surface area contributed by atoms with Gasteiger partial charge < -0.3 is 4.98 Å². The third kappa shape index (κ3) is 3.12. The number of nitrogens with one attached hydrogen (secondary N) is 1. The number of fused-ring (bicyclic) bond motifs is 1. The molecule has 0 amide bonds. The molecular weight excluding hydrogens is 348 g/mol. The molecule has 27 heavy (non-hydrogen) atoms. The highest BCUT2D eigenvalue weighted by Crippen LogP contribution is 2.18. The van der Waals surface area contributed by atoms with Crippen LogP contribution in [0.2, 0.25) is 0 Å². The summed E-state index contributed by atoms with van der Waals surface area (Å²) in [5.74, 6) is -0.416. The molecule has 0 saturated heterocycles. The van der Waals surface area contributed by atoms with Gasteiger partial charge in [-0.3, -0.25) is 4.79 Å². The lowest BCUT2D eigenvalue weighted by Gasteiger charge is -2.11. The Bertz CT molecular complexity index is 1170. The summed E-state index contributed by atoms with van der Waals surface area (Å²) in [6.45, 7) is 6.41. The minimum Gasteiger partial charge on any atom is -0.360 e. The summed E-state index contributed by atoms with van der Waals surface area (Å²) in [5.41, 5.74) is -1.32. The lowest BCUT2D eigenvalue weighted by atomic mass is 10.1. The molecule has 8 nitrogen and oxygen atoms in total. The van der Waals surface area contributed by atoms with Crippen LogP contribution in [0.5, 0.6) is 0 Å². The van der Waals surface area contributed by atoms with E-state index in [1.807, 2.05) is 12.1 Å². The predicted octanol–water partition coefficient (Wildman–Crippen LogP) is 0.908. The van der Waals surface area contributed by atoms with Gasteiger partial charge in [0.15, 0.2) is 5.78 Å². The number of aromatic amines is 1. The standard InChI is InChI=1S/C19H18N4O4/c1-3-9-21-17(25)22(10-4-2)19(27)23(18(21)26)12-16(24)14-11-20-15-8-6-5-7-13(14)15/h3-8,11,20H,1-2,9-10,12H2. The van der Waals surface area contributed by atoms with Crippen LogP contribution >= 0.6 is 0 Å². The second-order valence-electron chi connectivity index (χ2n) is 5.90. The fraction of sp³-hybridized carbons (Fsp3) is 0.158. The Balaban J connectivity index is 2.13. The number of benzene rings is 1. The van der Waals surface area contributed by atoms with Gasteiger partial charge in [-0.1, -0.05) is 30.4 Å². The van der Waals surface area contributed by atoms with E-state index >= 15 is 0 Å². The van der Waals surface area contributed by atoms with Crippen molar-refractivity contribution in [1.82, 2.24) is 18.7 Å². The number of H-pyrrole nitrogens is 1. The lowest BCUT2D eigenvalue weighted by molar-refractivity contribution is 0.0968. The Morgan fingerprint density at radius 3 is 2.07 bits per heavy atom. The molecule has 2 aromatic heterocycles. The molecule has 138 valence electrons. The van der Waals surface area contributed by atoms with E-state index < -0.39 is 29.4 Å². The van der Waals surface area contributed by atoms with Crippen molar-refractivity contribution in [2.24, 2.45) is 0 Å². The zero-order valence-corrected chi connectivity index (χ0v) is 14.6. The SMILES string of the molecule is C=CCn1c(=O)n(CC=C)c(=O)n(CC(=O)c2c[nH]c3ccccc23)c1=O. The Morgan fingerprint density at radius 2 is 1.48 bits per heavy atom. The van der Waals surface area contributed by atoms with Crippen LogP contribution in [0.4, 0.5) is 0 Å². The van der Waals surface area contributed by atoms with Crippen LogP contribution < -0.4 is 17.1 Å². The molecule has 0 fully saturated rings. The molecule has 0 aliphatic carbocycles. The van der Waals surface area contributed by atoms with Crippen molar-refractivity contribution in [1.29, 1.82) is 0 Å². The Hall–Kier alpha value is -3.68. The highest BCUT2D eigenvalue weighted by molar-refractivity contribution is 6.07. The van der Waals surface area contributed by atoms with Gasteiger partial charge >= 0.3 is 17.1 Å². The molecule has 0 radical (unpaired) electrons. The van der Waals surface area contributed by atoms with E-state index in [0.717, 1.165) is 19.2 Å². The largest absolute Gasteiger partial charge is 0.360 e. The first-order valence-corrected chi connectivity index (χ1v) is 8.25. The number of carbonyl (C=O) groups is 1. The first-order chi connectivity index (χ1) is 13.0. The van der Waals surface area contributed by atoms with E-state index in [1.54, 1.807) is 18.3 Å². The monoisotopic (exact) mass is 366 g/mol. The van der Waals surface area contributed by atoms with Crippen LogP contribution in [0.3, 0.4) is 0 Å². The highest BCUT2D eigenvalue weighted by atomic mass is 16.2. The Kier molecular flexibility index (Phi) is 4.89. The van der Waals surface area contributed by atoms with Crippen LogP contribution in [0, 0.1) is 0 Å². The third-order valence-corrected chi connectivity index (χ3v) is 4.20. The molecule has 2 heterocycles. The van der Waals surface area contributed by atoms with Crippen molar-refractivity contribution < 1.29 is 4.79 Å². The molecule has 1 aromatic carbocycles. The topological polar surface area (TPSA) is 98.9 Å². The maximum atomic E-state index is 12.8. The molecule has 0 saturated carbocycles. The summed E-state index contributed by atoms with van der Waals surface area (Å²) < 4.78 is 2.49. The van der Waals surface area contributed by atoms with Crippen molar-refractivity contribution in [3.05, 3.63) is 92.8 Å². The summed E-state index contributed by atoms with van der Waals surface area (Å²) in [6.07, 6.45) is 4.29. The quantitative estimate of drug-likeness (QED) is 0.496. The van der Waals surface area contributed by atoms with E-state index in [-0.39, 0.29) is 13.1 Å². The Labute approximate surface area is 153 Å². The van der Waals surface area contributed by atoms with Gasteiger partial charge in [0.2, 0.25) is 0 Å². The summed E-state index contributed by atoms with van der Waals surface area (Å²) >= 11 is 0. The summed E-state index contributed by atoms with van der Waals surface area (Å²) in [4.78, 5) is 53.3. The van der Waals surface area contributed by atoms with Crippen LogP contribution in [-0.4, -0.2) is 24.5 Å². The maximum Gasteiger partial charge on any atom is 0.337 e. The number of hydrogen-bond acceptors (Lipinski definition) is 4. The van der Waals surface area contributed by atoms with E-state index in [1.165, 1.54) is 12.2 Å². The number of aromatic nitrogens is 4. The van der Waals surface area contributed by atoms with E-state index in [0.29, 0.717) is 10.9 Å². The normalized spacial score (nSPS) is 10.8. The second kappa shape index (κ2) is 7.28. The van der Waals surface area contributed by atoms with Crippen molar-refractivity contribution in [3.8, 4) is 0 Å². The maximum absolute atomic E-state index is 12.8. The second-order valence-corrected chi connectivity index (χ2v) is 5.90. The highest BCUT2D eigenvalue weighted by Gasteiger charge is 2.19. The van der Waals surface area contributed by atoms with E-state index in [2.05, 4.69) is 18.1 Å². The summed E-state index contributed by atoms with van der Waals surface area (Å²) in [7, 11) is 0. The first-order valence-electron chi connectivity index (χ1n) is 8.25. The van der Waals surface area contributed by atoms with Gasteiger partial charge in [0, 0.05) is 22.7 Å². The number of para-hydroxylation sites is 1. The summed E-state index contributed by atoms with van der Waals surface area (Å²) in [5, 5.41) is 0.696. The molecule has 0 spiro atoms. The number of ketones is 1. The number of nitrogens with zero attached hydrogens (tertiary/aromatic N) is 3. The molecule has 3 rings (SSSR count). The van der Waals surface area contributed by atoms with Gasteiger partial charge in [0.05, 0.1) is 19.6 Å². The lowest BCUT2D eigenvalue weighted by Crippen LogP contribution is -2.55. The van der Waals surface area contributed by atoms with Crippen LogP contribution in [0.25, 0.3) is 10.9 Å². The average molecular weight is 366 g/mol. The van der Waals surface area contributed by atoms with Crippen molar-refractivity contribution >= 4 is 16.7 Å². The van der Waals surface area contributed by atoms with Crippen LogP contribution in [0.15, 0.2) is 70.2 Å². The predicted molar refractivity (Wildman–Crippen MR) is 102 cm³/mol. The van der Waals surface area contributed by atoms with Crippen molar-refractivity contribution in [3.63, 3.8) is 0 Å². The molecule has 0 aliphatic rings. The Morgan fingerprint density at radius 1 is 0.926 bits per heavy atom. The smallest absolute Gasteiger partial charge is 0.337 e. The van der Waals surface area contributed by atoms with Crippen LogP contribution in [-0.2, 0) is 19.6 Å². The number of Topliss-reactive ketones (excluding diaryl/α,β-unsaturated/α-hetero) is 1. The molecule has 0 bridgehead atoms. The van der Waals surface area contributed by atoms with E-state index in [9.17, 15) is 19.2 Å². The minimum atomic E-state index is -0.849. The molecule has 0 atom stereocenters. The van der Waals surface area contributed by atoms with Crippen molar-refractivity contribution in [2.45, 2.75) is 19.6 Å². The van der Waals surface area contributed by atoms with Gasteiger partial charge in [-0.15, -0.1) is 13.2 Å². The zero-order chi connectivity index (χ0) is 19.6. The van der Waals surface area contributed by atoms with Gasteiger partial charge in [-0.2, -0.15) is 0 Å². The average Bonchev–Trinajstić information content (AvgIpc) is 3.10. The number of allylic oxidation sites excluding steroid dienone is 2. The van der Waals surface area contributed by atoms with Gasteiger partial charge in [-0.25, -0.2) is 28.1 Å². The fourth-order valence-electron chi connectivity index (χ4n) is 2.92. The fourth-order valence-corrected chi connectivity index (χ4v) is 2.92. The minimum absolute atomic E-state index is 0.0731. The third-order valence-electron chi connectivity index (χ3n) is 4.20. The van der Waals surface area contributed by atoms with E-state index in [4.69, 9.17) is 0 Å². The molecular formula is C19H18N4O4. The van der Waals surface area contributed by atoms with Crippen LogP contribution in [0.1, 0.15) is 10.4 Å². The molecule has 0 aliphatic heterocycles. The van der Waals surface area contributed by atoms with Gasteiger partial charge in [0.1, 0.15) is 0 Å². The number of rotatable bonds is 7. The zero-order valence-electron chi connectivity index (χ0n) is 14.6. The summed E-state index contributed by atoms with van der Waals surface area (Å²) in [6, 6.07) is 7.22. The molecule has 0 unspecified atom stereocenters. The molecule has 1 N–H and O–H groups in total. The van der Waals surface area contributed by atoms with Crippen molar-refractivity contribution in [2.75, 3.05) is 0 Å². The van der Waals surface area contributed by atoms with Gasteiger partial charge in [-0.05, 0) is 6.07 Å². The van der Waals surface area contributed by atoms with Gasteiger partial charge in [0.25, 0.3) is 0 Å². The molecule has 8 heteroatoms. The first kappa shape index (κ1) is 18.1. The molecule has 3 aromatic rings. The number of carbonyl (C=O) groups excluding carboxylic acids is 1.